The first-order chi connectivity index (χ1) is 14.0. The molecule has 4 aromatic rings. The third-order valence-corrected chi connectivity index (χ3v) is 6.03. The minimum absolute atomic E-state index is 0.113. The number of aromatic amines is 1. The van der Waals surface area contributed by atoms with Crippen molar-refractivity contribution < 1.29 is 0 Å². The van der Waals surface area contributed by atoms with E-state index in [0.29, 0.717) is 5.02 Å². The first-order valence-corrected chi connectivity index (χ1v) is 10.0. The van der Waals surface area contributed by atoms with Crippen LogP contribution in [0.1, 0.15) is 31.1 Å². The summed E-state index contributed by atoms with van der Waals surface area (Å²) in [5.41, 5.74) is 4.00. The van der Waals surface area contributed by atoms with Crippen molar-refractivity contribution in [2.75, 3.05) is 4.90 Å². The maximum atomic E-state index is 6.24. The van der Waals surface area contributed by atoms with Crippen LogP contribution >= 0.6 is 11.6 Å². The third-order valence-electron chi connectivity index (χ3n) is 5.79. The Labute approximate surface area is 174 Å². The highest BCUT2D eigenvalue weighted by Crippen LogP contribution is 2.46. The molecular formula is C23H22ClN5. The molecule has 1 unspecified atom stereocenters. The number of aliphatic imine (C=N–C) groups is 1. The van der Waals surface area contributed by atoms with Gasteiger partial charge in [0.2, 0.25) is 0 Å². The van der Waals surface area contributed by atoms with E-state index in [0.717, 1.165) is 28.1 Å². The van der Waals surface area contributed by atoms with Gasteiger partial charge in [-0.15, -0.1) is 0 Å². The average Bonchev–Trinajstić information content (AvgIpc) is 3.32. The molecular weight excluding hydrogens is 382 g/mol. The molecule has 6 heteroatoms. The fourth-order valence-corrected chi connectivity index (χ4v) is 4.48. The lowest BCUT2D eigenvalue weighted by atomic mass is 9.88. The van der Waals surface area contributed by atoms with Gasteiger partial charge in [0.25, 0.3) is 0 Å². The van der Waals surface area contributed by atoms with E-state index in [9.17, 15) is 0 Å². The zero-order chi connectivity index (χ0) is 20.2. The first kappa shape index (κ1) is 18.0. The molecule has 1 aliphatic heterocycles. The van der Waals surface area contributed by atoms with Crippen molar-refractivity contribution in [3.8, 4) is 0 Å². The van der Waals surface area contributed by atoms with Crippen LogP contribution in [0.2, 0.25) is 5.02 Å². The highest BCUT2D eigenvalue weighted by Gasteiger charge is 2.39. The van der Waals surface area contributed by atoms with Gasteiger partial charge in [0.05, 0.1) is 22.4 Å². The molecule has 0 saturated carbocycles. The van der Waals surface area contributed by atoms with Crippen molar-refractivity contribution >= 4 is 40.2 Å². The van der Waals surface area contributed by atoms with E-state index in [1.165, 1.54) is 5.56 Å². The van der Waals surface area contributed by atoms with Gasteiger partial charge in [0.1, 0.15) is 6.04 Å². The molecule has 0 bridgehead atoms. The number of halogens is 1. The number of rotatable bonds is 3. The Bertz CT molecular complexity index is 1220. The summed E-state index contributed by atoms with van der Waals surface area (Å²) in [6, 6.07) is 18.5. The number of aryl methyl sites for hydroxylation is 1. The minimum atomic E-state index is -0.286. The number of fused-ring (bicyclic) bond motifs is 2. The Morgan fingerprint density at radius 3 is 2.66 bits per heavy atom. The predicted molar refractivity (Wildman–Crippen MR) is 119 cm³/mol. The maximum Gasteiger partial charge on any atom is 0.153 e. The second kappa shape index (κ2) is 6.49. The summed E-state index contributed by atoms with van der Waals surface area (Å²) in [6.45, 7) is 4.49. The Balaban J connectivity index is 1.72. The molecule has 1 atom stereocenters. The van der Waals surface area contributed by atoms with Crippen LogP contribution in [0.3, 0.4) is 0 Å². The van der Waals surface area contributed by atoms with E-state index >= 15 is 0 Å². The van der Waals surface area contributed by atoms with Crippen LogP contribution in [0, 0.1) is 0 Å². The number of nitrogens with zero attached hydrogens (tertiary/aromatic N) is 4. The maximum absolute atomic E-state index is 6.24. The Morgan fingerprint density at radius 1 is 1.07 bits per heavy atom. The predicted octanol–water partition coefficient (Wildman–Crippen LogP) is 5.75. The molecule has 5 rings (SSSR count). The van der Waals surface area contributed by atoms with E-state index in [1.807, 2.05) is 48.4 Å². The van der Waals surface area contributed by atoms with Crippen LogP contribution in [0.5, 0.6) is 0 Å². The van der Waals surface area contributed by atoms with Crippen LogP contribution in [0.15, 0.2) is 65.8 Å². The van der Waals surface area contributed by atoms with Gasteiger partial charge >= 0.3 is 0 Å². The fraction of sp³-hybridized carbons (Fsp3) is 0.217. The molecule has 0 aliphatic carbocycles. The van der Waals surface area contributed by atoms with E-state index in [-0.39, 0.29) is 11.6 Å². The Kier molecular flexibility index (Phi) is 4.03. The molecule has 5 nitrogen and oxygen atoms in total. The lowest BCUT2D eigenvalue weighted by Crippen LogP contribution is -2.46. The molecule has 0 amide bonds. The summed E-state index contributed by atoms with van der Waals surface area (Å²) < 4.78 is 1.89. The molecule has 1 aliphatic rings. The van der Waals surface area contributed by atoms with E-state index < -0.39 is 0 Å². The summed E-state index contributed by atoms with van der Waals surface area (Å²) in [5, 5.41) is 6.68. The fourth-order valence-electron chi connectivity index (χ4n) is 4.32. The third kappa shape index (κ3) is 2.76. The molecule has 2 aromatic heterocycles. The smallest absolute Gasteiger partial charge is 0.153 e. The number of hydrogen-bond donors (Lipinski definition) is 1. The number of anilines is 1. The lowest BCUT2D eigenvalue weighted by molar-refractivity contribution is 0.460. The van der Waals surface area contributed by atoms with Crippen molar-refractivity contribution in [1.29, 1.82) is 0 Å². The quantitative estimate of drug-likeness (QED) is 0.473. The number of H-pyrrole nitrogens is 1. The van der Waals surface area contributed by atoms with Crippen LogP contribution < -0.4 is 4.90 Å². The van der Waals surface area contributed by atoms with Crippen LogP contribution in [-0.4, -0.2) is 21.0 Å². The van der Waals surface area contributed by atoms with Gasteiger partial charge in [-0.1, -0.05) is 41.9 Å². The number of aromatic nitrogens is 3. The zero-order valence-corrected chi connectivity index (χ0v) is 17.4. The molecule has 0 radical (unpaired) electrons. The first-order valence-electron chi connectivity index (χ1n) is 9.65. The topological polar surface area (TPSA) is 49.2 Å². The number of benzene rings is 2. The van der Waals surface area contributed by atoms with E-state index in [4.69, 9.17) is 21.7 Å². The molecule has 3 heterocycles. The molecule has 29 heavy (non-hydrogen) atoms. The van der Waals surface area contributed by atoms with Crippen molar-refractivity contribution in [3.05, 3.63) is 77.1 Å². The lowest BCUT2D eigenvalue weighted by Gasteiger charge is -2.45. The van der Waals surface area contributed by atoms with Crippen molar-refractivity contribution in [2.24, 2.45) is 12.0 Å². The second-order valence-electron chi connectivity index (χ2n) is 7.90. The molecule has 0 spiro atoms. The second-order valence-corrected chi connectivity index (χ2v) is 8.34. The van der Waals surface area contributed by atoms with Gasteiger partial charge in [0, 0.05) is 29.9 Å². The number of hydrogen-bond acceptors (Lipinski definition) is 3. The molecule has 2 aromatic carbocycles. The molecule has 1 N–H and O–H groups in total. The largest absolute Gasteiger partial charge is 0.346 e. The average molecular weight is 404 g/mol. The normalized spacial score (nSPS) is 16.4. The Hall–Kier alpha value is -3.05. The monoisotopic (exact) mass is 403 g/mol. The molecule has 0 fully saturated rings. The van der Waals surface area contributed by atoms with Crippen molar-refractivity contribution in [2.45, 2.75) is 25.4 Å². The van der Waals surface area contributed by atoms with Gasteiger partial charge in [-0.25, -0.2) is 4.99 Å². The van der Waals surface area contributed by atoms with Gasteiger partial charge in [-0.05, 0) is 43.7 Å². The standard InChI is InChI=1S/C23H22ClN5/c1-23(2,15-7-5-4-6-8-15)29-18-11-12-25-22(18)26-14-20(29)21-17-10-9-16(24)13-19(17)28(3)27-21/h4-14,20,25H,1-3H3. The summed E-state index contributed by atoms with van der Waals surface area (Å²) in [5.74, 6) is 0.869. The molecule has 0 saturated heterocycles. The van der Waals surface area contributed by atoms with E-state index in [2.05, 4.69) is 54.1 Å². The van der Waals surface area contributed by atoms with Gasteiger partial charge in [-0.2, -0.15) is 5.10 Å². The SMILES string of the molecule is Cn1nc(C2C=Nc3[nH]ccc3N2C(C)(C)c2ccccc2)c2ccc(Cl)cc21. The van der Waals surface area contributed by atoms with Crippen molar-refractivity contribution in [1.82, 2.24) is 14.8 Å². The summed E-state index contributed by atoms with van der Waals surface area (Å²) >= 11 is 6.24. The minimum Gasteiger partial charge on any atom is -0.346 e. The Morgan fingerprint density at radius 2 is 1.86 bits per heavy atom. The van der Waals surface area contributed by atoms with E-state index in [1.54, 1.807) is 0 Å². The van der Waals surface area contributed by atoms with Gasteiger partial charge in [0.15, 0.2) is 5.82 Å². The summed E-state index contributed by atoms with van der Waals surface area (Å²) in [4.78, 5) is 10.4. The number of nitrogens with one attached hydrogen (secondary N) is 1. The van der Waals surface area contributed by atoms with Crippen LogP contribution in [-0.2, 0) is 12.6 Å². The zero-order valence-electron chi connectivity index (χ0n) is 16.6. The van der Waals surface area contributed by atoms with Crippen LogP contribution in [0.4, 0.5) is 11.5 Å². The summed E-state index contributed by atoms with van der Waals surface area (Å²) in [6.07, 6.45) is 3.93. The van der Waals surface area contributed by atoms with Crippen LogP contribution in [0.25, 0.3) is 10.9 Å². The van der Waals surface area contributed by atoms with Crippen molar-refractivity contribution in [3.63, 3.8) is 0 Å². The highest BCUT2D eigenvalue weighted by molar-refractivity contribution is 6.31. The summed E-state index contributed by atoms with van der Waals surface area (Å²) in [7, 11) is 1.95. The highest BCUT2D eigenvalue weighted by atomic mass is 35.5. The molecule has 146 valence electrons. The van der Waals surface area contributed by atoms with Gasteiger partial charge in [-0.3, -0.25) is 4.68 Å². The van der Waals surface area contributed by atoms with Gasteiger partial charge < -0.3 is 9.88 Å².